The van der Waals surface area contributed by atoms with Gasteiger partial charge in [-0.2, -0.15) is 0 Å². The Kier molecular flexibility index (Phi) is 1.75. The van der Waals surface area contributed by atoms with Crippen LogP contribution < -0.4 is 11.3 Å². The minimum absolute atomic E-state index is 0.0747. The van der Waals surface area contributed by atoms with Crippen LogP contribution in [0.5, 0.6) is 0 Å². The molecule has 0 bridgehead atoms. The lowest BCUT2D eigenvalue weighted by molar-refractivity contribution is 0.0218. The van der Waals surface area contributed by atoms with Gasteiger partial charge in [-0.05, 0) is 20.3 Å². The molecule has 3 heteroatoms. The van der Waals surface area contributed by atoms with Crippen molar-refractivity contribution in [1.29, 1.82) is 0 Å². The number of ether oxygens (including phenoxy) is 1. The highest BCUT2D eigenvalue weighted by molar-refractivity contribution is 4.88. The van der Waals surface area contributed by atoms with Gasteiger partial charge in [0.25, 0.3) is 0 Å². The van der Waals surface area contributed by atoms with E-state index in [4.69, 9.17) is 10.6 Å². The molecule has 0 aromatic heterocycles. The summed E-state index contributed by atoms with van der Waals surface area (Å²) in [6.07, 6.45) is 1.02. The topological polar surface area (TPSA) is 47.3 Å². The predicted octanol–water partition coefficient (Wildman–Crippen LogP) is 0.0172. The van der Waals surface area contributed by atoms with Gasteiger partial charge in [0, 0.05) is 6.61 Å². The van der Waals surface area contributed by atoms with Crippen LogP contribution in [-0.2, 0) is 4.74 Å². The Morgan fingerprint density at radius 1 is 1.67 bits per heavy atom. The van der Waals surface area contributed by atoms with E-state index in [1.807, 2.05) is 13.8 Å². The van der Waals surface area contributed by atoms with Crippen LogP contribution in [0.2, 0.25) is 0 Å². The summed E-state index contributed by atoms with van der Waals surface area (Å²) in [6.45, 7) is 4.91. The predicted molar refractivity (Wildman–Crippen MR) is 35.8 cm³/mol. The van der Waals surface area contributed by atoms with Crippen molar-refractivity contribution in [2.24, 2.45) is 5.84 Å². The monoisotopic (exact) mass is 130 g/mol. The first kappa shape index (κ1) is 6.99. The SMILES string of the molecule is CC1(C)OCC[C@H]1NN. The molecule has 0 amide bonds. The first-order valence-electron chi connectivity index (χ1n) is 3.27. The maximum Gasteiger partial charge on any atom is 0.0793 e. The fraction of sp³-hybridized carbons (Fsp3) is 1.00. The maximum absolute atomic E-state index is 5.40. The number of nitrogens with two attached hydrogens (primary N) is 1. The molecule has 0 unspecified atom stereocenters. The Labute approximate surface area is 55.5 Å². The number of hydrazine groups is 1. The van der Waals surface area contributed by atoms with E-state index in [2.05, 4.69) is 5.43 Å². The first-order chi connectivity index (χ1) is 4.17. The highest BCUT2D eigenvalue weighted by Gasteiger charge is 2.34. The third kappa shape index (κ3) is 1.23. The summed E-state index contributed by atoms with van der Waals surface area (Å²) >= 11 is 0. The van der Waals surface area contributed by atoms with Crippen LogP contribution in [0.3, 0.4) is 0 Å². The van der Waals surface area contributed by atoms with Crippen molar-refractivity contribution in [1.82, 2.24) is 5.43 Å². The zero-order valence-corrected chi connectivity index (χ0v) is 5.98. The summed E-state index contributed by atoms with van der Waals surface area (Å²) in [4.78, 5) is 0. The Hall–Kier alpha value is -0.120. The second-order valence-electron chi connectivity index (χ2n) is 2.96. The Morgan fingerprint density at radius 2 is 2.33 bits per heavy atom. The molecule has 0 aromatic rings. The van der Waals surface area contributed by atoms with Crippen LogP contribution in [-0.4, -0.2) is 18.2 Å². The highest BCUT2D eigenvalue weighted by atomic mass is 16.5. The molecule has 0 aromatic carbocycles. The van der Waals surface area contributed by atoms with Gasteiger partial charge in [0.2, 0.25) is 0 Å². The minimum Gasteiger partial charge on any atom is -0.374 e. The molecule has 1 fully saturated rings. The standard InChI is InChI=1S/C6H14N2O/c1-6(2)5(8-7)3-4-9-6/h5,8H,3-4,7H2,1-2H3/t5-/m1/s1. The van der Waals surface area contributed by atoms with Crippen LogP contribution in [0.4, 0.5) is 0 Å². The van der Waals surface area contributed by atoms with Crippen LogP contribution in [0.1, 0.15) is 20.3 Å². The van der Waals surface area contributed by atoms with Crippen LogP contribution in [0.25, 0.3) is 0 Å². The molecule has 0 aliphatic carbocycles. The summed E-state index contributed by atoms with van der Waals surface area (Å²) in [5.41, 5.74) is 2.65. The summed E-state index contributed by atoms with van der Waals surface area (Å²) in [7, 11) is 0. The Balaban J connectivity index is 2.52. The molecule has 1 aliphatic heterocycles. The van der Waals surface area contributed by atoms with Crippen molar-refractivity contribution in [2.75, 3.05) is 6.61 Å². The molecule has 1 aliphatic rings. The molecule has 0 spiro atoms. The number of nitrogens with one attached hydrogen (secondary N) is 1. The van der Waals surface area contributed by atoms with Crippen molar-refractivity contribution in [2.45, 2.75) is 31.9 Å². The van der Waals surface area contributed by atoms with E-state index in [0.717, 1.165) is 13.0 Å². The number of rotatable bonds is 1. The third-order valence-electron chi connectivity index (χ3n) is 1.92. The molecule has 0 saturated carbocycles. The van der Waals surface area contributed by atoms with E-state index < -0.39 is 0 Å². The van der Waals surface area contributed by atoms with Crippen LogP contribution >= 0.6 is 0 Å². The van der Waals surface area contributed by atoms with E-state index in [-0.39, 0.29) is 5.60 Å². The molecule has 1 rings (SSSR count). The quantitative estimate of drug-likeness (QED) is 0.388. The van der Waals surface area contributed by atoms with Gasteiger partial charge in [0.15, 0.2) is 0 Å². The summed E-state index contributed by atoms with van der Waals surface area (Å²) in [6, 6.07) is 0.317. The lowest BCUT2D eigenvalue weighted by Crippen LogP contribution is -2.46. The molecule has 0 radical (unpaired) electrons. The van der Waals surface area contributed by atoms with Crippen molar-refractivity contribution < 1.29 is 4.74 Å². The minimum atomic E-state index is -0.0747. The third-order valence-corrected chi connectivity index (χ3v) is 1.92. The zero-order valence-electron chi connectivity index (χ0n) is 5.98. The summed E-state index contributed by atoms with van der Waals surface area (Å²) in [5, 5.41) is 0. The summed E-state index contributed by atoms with van der Waals surface area (Å²) in [5.74, 6) is 5.28. The van der Waals surface area contributed by atoms with Crippen molar-refractivity contribution in [3.63, 3.8) is 0 Å². The molecule has 1 heterocycles. The average Bonchev–Trinajstić information content (AvgIpc) is 2.08. The van der Waals surface area contributed by atoms with Gasteiger partial charge in [-0.3, -0.25) is 11.3 Å². The van der Waals surface area contributed by atoms with Gasteiger partial charge in [-0.25, -0.2) is 0 Å². The second kappa shape index (κ2) is 2.25. The average molecular weight is 130 g/mol. The fourth-order valence-electron chi connectivity index (χ4n) is 1.17. The van der Waals surface area contributed by atoms with Gasteiger partial charge in [0.1, 0.15) is 0 Å². The molecule has 3 N–H and O–H groups in total. The smallest absolute Gasteiger partial charge is 0.0793 e. The van der Waals surface area contributed by atoms with Gasteiger partial charge < -0.3 is 4.74 Å². The normalized spacial score (nSPS) is 33.0. The largest absolute Gasteiger partial charge is 0.374 e. The van der Waals surface area contributed by atoms with Crippen molar-refractivity contribution in [3.8, 4) is 0 Å². The van der Waals surface area contributed by atoms with Crippen LogP contribution in [0, 0.1) is 0 Å². The molecule has 3 nitrogen and oxygen atoms in total. The van der Waals surface area contributed by atoms with Gasteiger partial charge in [-0.15, -0.1) is 0 Å². The highest BCUT2D eigenvalue weighted by Crippen LogP contribution is 2.23. The Bertz CT molecular complexity index is 103. The maximum atomic E-state index is 5.40. The number of hydrogen-bond donors (Lipinski definition) is 2. The van der Waals surface area contributed by atoms with Gasteiger partial charge >= 0.3 is 0 Å². The zero-order chi connectivity index (χ0) is 6.91. The Morgan fingerprint density at radius 3 is 2.56 bits per heavy atom. The van der Waals surface area contributed by atoms with Gasteiger partial charge in [0.05, 0.1) is 11.6 Å². The van der Waals surface area contributed by atoms with E-state index in [1.54, 1.807) is 0 Å². The lowest BCUT2D eigenvalue weighted by atomic mass is 10.0. The van der Waals surface area contributed by atoms with Crippen molar-refractivity contribution >= 4 is 0 Å². The second-order valence-corrected chi connectivity index (χ2v) is 2.96. The first-order valence-corrected chi connectivity index (χ1v) is 3.27. The summed E-state index contributed by atoms with van der Waals surface area (Å²) < 4.78 is 5.40. The molecule has 1 atom stereocenters. The molecule has 1 saturated heterocycles. The lowest BCUT2D eigenvalue weighted by Gasteiger charge is -2.24. The van der Waals surface area contributed by atoms with E-state index >= 15 is 0 Å². The van der Waals surface area contributed by atoms with E-state index in [9.17, 15) is 0 Å². The molecular formula is C6H14N2O. The van der Waals surface area contributed by atoms with Crippen LogP contribution in [0.15, 0.2) is 0 Å². The van der Waals surface area contributed by atoms with Gasteiger partial charge in [-0.1, -0.05) is 0 Å². The number of hydrogen-bond acceptors (Lipinski definition) is 3. The fourth-order valence-corrected chi connectivity index (χ4v) is 1.17. The van der Waals surface area contributed by atoms with E-state index in [0.29, 0.717) is 6.04 Å². The molecule has 54 valence electrons. The van der Waals surface area contributed by atoms with Crippen molar-refractivity contribution in [3.05, 3.63) is 0 Å². The van der Waals surface area contributed by atoms with E-state index in [1.165, 1.54) is 0 Å². The molecular weight excluding hydrogens is 116 g/mol. The molecule has 9 heavy (non-hydrogen) atoms.